The summed E-state index contributed by atoms with van der Waals surface area (Å²) < 4.78 is 5.75. The molecule has 1 saturated heterocycles. The number of rotatable bonds is 4. The molecule has 2 aromatic rings. The van der Waals surface area contributed by atoms with Gasteiger partial charge in [0.25, 0.3) is 11.1 Å². The molecular weight excluding hydrogens is 342 g/mol. The Morgan fingerprint density at radius 3 is 2.46 bits per heavy atom. The Labute approximate surface area is 149 Å². The van der Waals surface area contributed by atoms with Crippen LogP contribution in [-0.4, -0.2) is 22.1 Å². The molecule has 1 aliphatic rings. The molecule has 3 rings (SSSR count). The van der Waals surface area contributed by atoms with Gasteiger partial charge in [-0.2, -0.15) is 0 Å². The standard InChI is InChI=1S/C18H17NO3S2/c1-11(2)19-17(20)15(24-18(19)21)10-13-6-9-16(22-13)23-14-7-4-12(3)5-8-14/h4-11H,1-3H3. The van der Waals surface area contributed by atoms with E-state index in [1.165, 1.54) is 22.2 Å². The van der Waals surface area contributed by atoms with Gasteiger partial charge in [-0.1, -0.05) is 29.5 Å². The van der Waals surface area contributed by atoms with Gasteiger partial charge in [-0.3, -0.25) is 14.5 Å². The van der Waals surface area contributed by atoms with E-state index in [-0.39, 0.29) is 17.2 Å². The first kappa shape index (κ1) is 16.9. The zero-order chi connectivity index (χ0) is 17.3. The Kier molecular flexibility index (Phi) is 4.87. The molecule has 0 spiro atoms. The Bertz CT molecular complexity index is 806. The van der Waals surface area contributed by atoms with Crippen LogP contribution in [0.3, 0.4) is 0 Å². The smallest absolute Gasteiger partial charge is 0.293 e. The summed E-state index contributed by atoms with van der Waals surface area (Å²) in [7, 11) is 0. The monoisotopic (exact) mass is 359 g/mol. The van der Waals surface area contributed by atoms with Crippen molar-refractivity contribution in [3.63, 3.8) is 0 Å². The summed E-state index contributed by atoms with van der Waals surface area (Å²) >= 11 is 2.47. The van der Waals surface area contributed by atoms with E-state index in [4.69, 9.17) is 4.42 Å². The lowest BCUT2D eigenvalue weighted by Crippen LogP contribution is -2.34. The van der Waals surface area contributed by atoms with Crippen molar-refractivity contribution < 1.29 is 14.0 Å². The van der Waals surface area contributed by atoms with Crippen LogP contribution in [0.4, 0.5) is 4.79 Å². The van der Waals surface area contributed by atoms with Gasteiger partial charge in [0.2, 0.25) is 0 Å². The fraction of sp³-hybridized carbons (Fsp3) is 0.222. The number of furan rings is 1. The largest absolute Gasteiger partial charge is 0.450 e. The summed E-state index contributed by atoms with van der Waals surface area (Å²) in [5, 5.41) is 0.509. The molecule has 2 amide bonds. The van der Waals surface area contributed by atoms with Crippen LogP contribution in [0.1, 0.15) is 25.2 Å². The number of carbonyl (C=O) groups excluding carboxylic acids is 2. The van der Waals surface area contributed by atoms with Gasteiger partial charge in [0.05, 0.1) is 4.91 Å². The first-order valence-electron chi connectivity index (χ1n) is 7.55. The third-order valence-corrected chi connectivity index (χ3v) is 5.27. The van der Waals surface area contributed by atoms with Gasteiger partial charge in [-0.25, -0.2) is 0 Å². The number of aryl methyl sites for hydroxylation is 1. The molecule has 0 aliphatic carbocycles. The second-order valence-corrected chi connectivity index (χ2v) is 7.79. The second kappa shape index (κ2) is 6.91. The van der Waals surface area contributed by atoms with Crippen molar-refractivity contribution in [1.29, 1.82) is 0 Å². The van der Waals surface area contributed by atoms with Gasteiger partial charge in [0.15, 0.2) is 5.09 Å². The molecule has 0 atom stereocenters. The predicted molar refractivity (Wildman–Crippen MR) is 97.0 cm³/mol. The van der Waals surface area contributed by atoms with E-state index in [2.05, 4.69) is 0 Å². The summed E-state index contributed by atoms with van der Waals surface area (Å²) in [6.07, 6.45) is 1.63. The van der Waals surface area contributed by atoms with Crippen LogP contribution >= 0.6 is 23.5 Å². The number of imide groups is 1. The lowest BCUT2D eigenvalue weighted by atomic mass is 10.2. The summed E-state index contributed by atoms with van der Waals surface area (Å²) in [5.74, 6) is 0.308. The van der Waals surface area contributed by atoms with Crippen LogP contribution in [-0.2, 0) is 4.79 Å². The molecule has 1 aliphatic heterocycles. The normalized spacial score (nSPS) is 16.7. The quantitative estimate of drug-likeness (QED) is 0.704. The zero-order valence-electron chi connectivity index (χ0n) is 13.6. The molecule has 1 aromatic carbocycles. The first-order valence-corrected chi connectivity index (χ1v) is 9.19. The van der Waals surface area contributed by atoms with Gasteiger partial charge in [0.1, 0.15) is 5.76 Å². The van der Waals surface area contributed by atoms with Gasteiger partial charge >= 0.3 is 0 Å². The fourth-order valence-electron chi connectivity index (χ4n) is 2.24. The van der Waals surface area contributed by atoms with Gasteiger partial charge in [-0.05, 0) is 56.8 Å². The highest BCUT2D eigenvalue weighted by molar-refractivity contribution is 8.18. The molecule has 0 N–H and O–H groups in total. The maximum Gasteiger partial charge on any atom is 0.293 e. The summed E-state index contributed by atoms with van der Waals surface area (Å²) in [6.45, 7) is 5.69. The third kappa shape index (κ3) is 3.60. The number of benzene rings is 1. The maximum absolute atomic E-state index is 12.3. The van der Waals surface area contributed by atoms with E-state index in [1.54, 1.807) is 12.1 Å². The molecule has 24 heavy (non-hydrogen) atoms. The summed E-state index contributed by atoms with van der Waals surface area (Å²) in [6, 6.07) is 11.7. The van der Waals surface area contributed by atoms with E-state index in [1.807, 2.05) is 51.1 Å². The Morgan fingerprint density at radius 2 is 1.83 bits per heavy atom. The van der Waals surface area contributed by atoms with Crippen LogP contribution in [0.2, 0.25) is 0 Å². The highest BCUT2D eigenvalue weighted by atomic mass is 32.2. The van der Waals surface area contributed by atoms with Gasteiger partial charge in [0, 0.05) is 17.0 Å². The average molecular weight is 359 g/mol. The number of hydrogen-bond acceptors (Lipinski definition) is 5. The number of amides is 2. The SMILES string of the molecule is Cc1ccc(Sc2ccc(C=C3SC(=O)N(C(C)C)C3=O)o2)cc1. The zero-order valence-corrected chi connectivity index (χ0v) is 15.2. The highest BCUT2D eigenvalue weighted by Crippen LogP contribution is 2.35. The average Bonchev–Trinajstić information content (AvgIpc) is 3.06. The number of hydrogen-bond donors (Lipinski definition) is 0. The molecule has 4 nitrogen and oxygen atoms in total. The Morgan fingerprint density at radius 1 is 1.12 bits per heavy atom. The summed E-state index contributed by atoms with van der Waals surface area (Å²) in [4.78, 5) is 26.9. The second-order valence-electron chi connectivity index (χ2n) is 5.72. The molecule has 0 unspecified atom stereocenters. The van der Waals surface area contributed by atoms with Crippen LogP contribution in [0.5, 0.6) is 0 Å². The van der Waals surface area contributed by atoms with Crippen molar-refractivity contribution >= 4 is 40.7 Å². The minimum absolute atomic E-state index is 0.146. The van der Waals surface area contributed by atoms with Crippen molar-refractivity contribution in [3.8, 4) is 0 Å². The number of carbonyl (C=O) groups is 2. The molecule has 0 bridgehead atoms. The highest BCUT2D eigenvalue weighted by Gasteiger charge is 2.36. The minimum Gasteiger partial charge on any atom is -0.450 e. The van der Waals surface area contributed by atoms with Crippen molar-refractivity contribution in [2.75, 3.05) is 0 Å². The molecule has 1 fully saturated rings. The third-order valence-electron chi connectivity index (χ3n) is 3.45. The van der Waals surface area contributed by atoms with E-state index < -0.39 is 0 Å². The molecule has 1 aromatic heterocycles. The predicted octanol–water partition coefficient (Wildman–Crippen LogP) is 5.18. The number of nitrogens with zero attached hydrogens (tertiary/aromatic N) is 1. The first-order chi connectivity index (χ1) is 11.4. The lowest BCUT2D eigenvalue weighted by Gasteiger charge is -2.16. The topological polar surface area (TPSA) is 50.5 Å². The Hall–Kier alpha value is -1.92. The molecule has 0 radical (unpaired) electrons. The fourth-order valence-corrected chi connectivity index (χ4v) is 3.96. The van der Waals surface area contributed by atoms with Crippen LogP contribution in [0.15, 0.2) is 55.7 Å². The van der Waals surface area contributed by atoms with Crippen molar-refractivity contribution in [2.24, 2.45) is 0 Å². The molecule has 124 valence electrons. The molecule has 6 heteroatoms. The van der Waals surface area contributed by atoms with Crippen LogP contribution < -0.4 is 0 Å². The van der Waals surface area contributed by atoms with Crippen molar-refractivity contribution in [1.82, 2.24) is 4.90 Å². The van der Waals surface area contributed by atoms with Gasteiger partial charge < -0.3 is 4.42 Å². The van der Waals surface area contributed by atoms with Crippen LogP contribution in [0, 0.1) is 6.92 Å². The minimum atomic E-state index is -0.260. The lowest BCUT2D eigenvalue weighted by molar-refractivity contribution is -0.123. The maximum atomic E-state index is 12.3. The van der Waals surface area contributed by atoms with Crippen molar-refractivity contribution in [3.05, 3.63) is 52.6 Å². The summed E-state index contributed by atoms with van der Waals surface area (Å²) in [5.41, 5.74) is 1.21. The van der Waals surface area contributed by atoms with E-state index in [0.29, 0.717) is 10.7 Å². The van der Waals surface area contributed by atoms with E-state index >= 15 is 0 Å². The number of thioether (sulfide) groups is 1. The van der Waals surface area contributed by atoms with E-state index in [0.717, 1.165) is 21.7 Å². The van der Waals surface area contributed by atoms with E-state index in [9.17, 15) is 9.59 Å². The van der Waals surface area contributed by atoms with Gasteiger partial charge in [-0.15, -0.1) is 0 Å². The Balaban J connectivity index is 1.75. The van der Waals surface area contributed by atoms with Crippen molar-refractivity contribution in [2.45, 2.75) is 36.8 Å². The molecule has 0 saturated carbocycles. The molecular formula is C18H17NO3S2. The van der Waals surface area contributed by atoms with Crippen LogP contribution in [0.25, 0.3) is 6.08 Å². The molecule has 2 heterocycles.